The standard InChI is InChI=1S/C12H15ClN2O4S/c1-12(2)6-3-7-14(12)20(18,19)11-8-9(15(16)17)4-5-10(11)13/h4-5,8H,3,6-7H2,1-2H3. The molecule has 1 fully saturated rings. The van der Waals surface area contributed by atoms with E-state index in [1.54, 1.807) is 0 Å². The van der Waals surface area contributed by atoms with Crippen LogP contribution in [0.4, 0.5) is 5.69 Å². The lowest BCUT2D eigenvalue weighted by molar-refractivity contribution is -0.385. The van der Waals surface area contributed by atoms with Crippen LogP contribution in [0.3, 0.4) is 0 Å². The van der Waals surface area contributed by atoms with E-state index in [2.05, 4.69) is 0 Å². The van der Waals surface area contributed by atoms with Gasteiger partial charge in [-0.3, -0.25) is 10.1 Å². The van der Waals surface area contributed by atoms with Gasteiger partial charge in [0.15, 0.2) is 0 Å². The molecule has 6 nitrogen and oxygen atoms in total. The van der Waals surface area contributed by atoms with Crippen LogP contribution >= 0.6 is 11.6 Å². The number of sulfonamides is 1. The van der Waals surface area contributed by atoms with Crippen LogP contribution in [-0.4, -0.2) is 29.7 Å². The Kier molecular flexibility index (Phi) is 3.79. The fourth-order valence-corrected chi connectivity index (χ4v) is 4.79. The maximum atomic E-state index is 12.7. The van der Waals surface area contributed by atoms with Crippen molar-refractivity contribution in [3.8, 4) is 0 Å². The molecule has 110 valence electrons. The zero-order valence-corrected chi connectivity index (χ0v) is 12.7. The number of nitro groups is 1. The number of hydrogen-bond acceptors (Lipinski definition) is 4. The molecule has 1 aromatic carbocycles. The summed E-state index contributed by atoms with van der Waals surface area (Å²) in [4.78, 5) is 9.95. The summed E-state index contributed by atoms with van der Waals surface area (Å²) >= 11 is 5.93. The van der Waals surface area contributed by atoms with Gasteiger partial charge in [-0.1, -0.05) is 11.6 Å². The topological polar surface area (TPSA) is 80.5 Å². The highest BCUT2D eigenvalue weighted by atomic mass is 35.5. The van der Waals surface area contributed by atoms with Gasteiger partial charge < -0.3 is 0 Å². The first-order valence-corrected chi connectivity index (χ1v) is 7.95. The SMILES string of the molecule is CC1(C)CCCN1S(=O)(=O)c1cc([N+](=O)[O-])ccc1Cl. The number of benzene rings is 1. The van der Waals surface area contributed by atoms with Crippen LogP contribution in [0, 0.1) is 10.1 Å². The quantitative estimate of drug-likeness (QED) is 0.634. The second-order valence-electron chi connectivity index (χ2n) is 5.36. The number of nitro benzene ring substituents is 1. The molecular weight excluding hydrogens is 304 g/mol. The third-order valence-electron chi connectivity index (χ3n) is 3.52. The Bertz CT molecular complexity index is 657. The molecule has 0 amide bonds. The van der Waals surface area contributed by atoms with Crippen LogP contribution in [0.5, 0.6) is 0 Å². The molecule has 1 aliphatic heterocycles. The minimum absolute atomic E-state index is 0.00157. The molecule has 2 rings (SSSR count). The van der Waals surface area contributed by atoms with E-state index in [4.69, 9.17) is 11.6 Å². The summed E-state index contributed by atoms with van der Waals surface area (Å²) in [5.41, 5.74) is -0.794. The third-order valence-corrected chi connectivity index (χ3v) is 6.11. The summed E-state index contributed by atoms with van der Waals surface area (Å²) in [6.07, 6.45) is 1.51. The van der Waals surface area contributed by atoms with E-state index in [1.807, 2.05) is 13.8 Å². The number of nitrogens with zero attached hydrogens (tertiary/aromatic N) is 2. The molecule has 0 unspecified atom stereocenters. The van der Waals surface area contributed by atoms with Crippen molar-refractivity contribution in [2.45, 2.75) is 37.1 Å². The van der Waals surface area contributed by atoms with Gasteiger partial charge in [0.05, 0.1) is 9.95 Å². The normalized spacial score (nSPS) is 19.1. The maximum Gasteiger partial charge on any atom is 0.270 e. The van der Waals surface area contributed by atoms with E-state index in [-0.39, 0.29) is 15.6 Å². The molecule has 0 atom stereocenters. The zero-order valence-electron chi connectivity index (χ0n) is 11.2. The Morgan fingerprint density at radius 2 is 2.05 bits per heavy atom. The van der Waals surface area contributed by atoms with Crippen molar-refractivity contribution in [1.82, 2.24) is 4.31 Å². The van der Waals surface area contributed by atoms with Crippen LogP contribution in [0.15, 0.2) is 23.1 Å². The Balaban J connectivity index is 2.55. The molecule has 0 spiro atoms. The van der Waals surface area contributed by atoms with E-state index in [0.29, 0.717) is 6.54 Å². The molecule has 1 saturated heterocycles. The average molecular weight is 319 g/mol. The number of hydrogen-bond donors (Lipinski definition) is 0. The predicted octanol–water partition coefficient (Wildman–Crippen LogP) is 2.81. The second-order valence-corrected chi connectivity index (χ2v) is 7.60. The zero-order chi connectivity index (χ0) is 15.1. The van der Waals surface area contributed by atoms with Crippen molar-refractivity contribution in [3.05, 3.63) is 33.3 Å². The van der Waals surface area contributed by atoms with Gasteiger partial charge in [0, 0.05) is 24.2 Å². The van der Waals surface area contributed by atoms with Gasteiger partial charge in [-0.2, -0.15) is 4.31 Å². The van der Waals surface area contributed by atoms with E-state index in [0.717, 1.165) is 18.9 Å². The van der Waals surface area contributed by atoms with E-state index < -0.39 is 20.5 Å². The highest BCUT2D eigenvalue weighted by molar-refractivity contribution is 7.89. The molecule has 20 heavy (non-hydrogen) atoms. The van der Waals surface area contributed by atoms with Crippen molar-refractivity contribution in [2.75, 3.05) is 6.54 Å². The monoisotopic (exact) mass is 318 g/mol. The van der Waals surface area contributed by atoms with Crippen LogP contribution in [0.1, 0.15) is 26.7 Å². The summed E-state index contributed by atoms with van der Waals surface area (Å²) < 4.78 is 26.7. The van der Waals surface area contributed by atoms with Gasteiger partial charge in [-0.25, -0.2) is 8.42 Å². The lowest BCUT2D eigenvalue weighted by Crippen LogP contribution is -2.42. The van der Waals surface area contributed by atoms with Gasteiger partial charge >= 0.3 is 0 Å². The van der Waals surface area contributed by atoms with Gasteiger partial charge in [-0.15, -0.1) is 0 Å². The summed E-state index contributed by atoms with van der Waals surface area (Å²) in [6, 6.07) is 3.46. The van der Waals surface area contributed by atoms with Crippen LogP contribution in [-0.2, 0) is 10.0 Å². The van der Waals surface area contributed by atoms with Crippen molar-refractivity contribution in [3.63, 3.8) is 0 Å². The molecule has 8 heteroatoms. The first-order valence-electron chi connectivity index (χ1n) is 6.13. The number of rotatable bonds is 3. The summed E-state index contributed by atoms with van der Waals surface area (Å²) in [5.74, 6) is 0. The van der Waals surface area contributed by atoms with Gasteiger partial charge in [0.25, 0.3) is 5.69 Å². The van der Waals surface area contributed by atoms with Crippen molar-refractivity contribution in [2.24, 2.45) is 0 Å². The average Bonchev–Trinajstić information content (AvgIpc) is 2.69. The van der Waals surface area contributed by atoms with Crippen LogP contribution in [0.25, 0.3) is 0 Å². The summed E-state index contributed by atoms with van der Waals surface area (Å²) in [5, 5.41) is 10.8. The van der Waals surface area contributed by atoms with E-state index in [9.17, 15) is 18.5 Å². The number of halogens is 1. The van der Waals surface area contributed by atoms with Gasteiger partial charge in [0.2, 0.25) is 10.0 Å². The number of non-ortho nitro benzene ring substituents is 1. The highest BCUT2D eigenvalue weighted by Gasteiger charge is 2.42. The lowest BCUT2D eigenvalue weighted by atomic mass is 10.0. The van der Waals surface area contributed by atoms with Gasteiger partial charge in [0.1, 0.15) is 4.90 Å². The Labute approximate surface area is 122 Å². The molecule has 1 heterocycles. The first-order chi connectivity index (χ1) is 9.16. The van der Waals surface area contributed by atoms with Crippen LogP contribution < -0.4 is 0 Å². The molecule has 1 aliphatic rings. The molecule has 0 N–H and O–H groups in total. The Morgan fingerprint density at radius 1 is 1.40 bits per heavy atom. The highest BCUT2D eigenvalue weighted by Crippen LogP contribution is 2.37. The van der Waals surface area contributed by atoms with E-state index in [1.165, 1.54) is 16.4 Å². The van der Waals surface area contributed by atoms with Crippen molar-refractivity contribution in [1.29, 1.82) is 0 Å². The summed E-state index contributed by atoms with van der Waals surface area (Å²) in [7, 11) is -3.84. The lowest BCUT2D eigenvalue weighted by Gasteiger charge is -2.30. The van der Waals surface area contributed by atoms with Gasteiger partial charge in [-0.05, 0) is 32.8 Å². The molecule has 0 aromatic heterocycles. The van der Waals surface area contributed by atoms with E-state index >= 15 is 0 Å². The fraction of sp³-hybridized carbons (Fsp3) is 0.500. The molecule has 1 aromatic rings. The van der Waals surface area contributed by atoms with Crippen molar-refractivity contribution >= 4 is 27.3 Å². The summed E-state index contributed by atoms with van der Waals surface area (Å²) in [6.45, 7) is 4.07. The molecular formula is C12H15ClN2O4S. The molecule has 0 radical (unpaired) electrons. The van der Waals surface area contributed by atoms with Crippen LogP contribution in [0.2, 0.25) is 5.02 Å². The Morgan fingerprint density at radius 3 is 2.55 bits per heavy atom. The Hall–Kier alpha value is -1.18. The third kappa shape index (κ3) is 2.53. The molecule has 0 saturated carbocycles. The smallest absolute Gasteiger partial charge is 0.258 e. The molecule has 0 bridgehead atoms. The minimum atomic E-state index is -3.84. The molecule has 0 aliphatic carbocycles. The second kappa shape index (κ2) is 4.98. The maximum absolute atomic E-state index is 12.7. The largest absolute Gasteiger partial charge is 0.270 e. The fourth-order valence-electron chi connectivity index (χ4n) is 2.45. The predicted molar refractivity (Wildman–Crippen MR) is 75.3 cm³/mol. The van der Waals surface area contributed by atoms with Crippen molar-refractivity contribution < 1.29 is 13.3 Å². The first kappa shape index (κ1) is 15.2. The minimum Gasteiger partial charge on any atom is -0.258 e.